The number of carbonyl (C=O) groups excluding carboxylic acids is 2. The molecule has 1 aromatic carbocycles. The third kappa shape index (κ3) is 2.59. The number of carboxylic acid groups (broad SMARTS) is 1. The molecule has 2 aliphatic heterocycles. The molecule has 2 amide bonds. The maximum Gasteiger partial charge on any atom is 0.327 e. The summed E-state index contributed by atoms with van der Waals surface area (Å²) in [6, 6.07) is 6.43. The number of carboxylic acids is 1. The molecular weight excluding hydrogens is 404 g/mol. The average molecular weight is 425 g/mol. The Labute approximate surface area is 159 Å². The topological polar surface area (TPSA) is 107 Å². The Bertz CT molecular complexity index is 773. The van der Waals surface area contributed by atoms with Gasteiger partial charge in [-0.25, -0.2) is 0 Å². The molecule has 1 aromatic rings. The zero-order valence-corrected chi connectivity index (χ0v) is 16.3. The maximum atomic E-state index is 13.1. The van der Waals surface area contributed by atoms with Crippen molar-refractivity contribution in [2.24, 2.45) is 11.8 Å². The van der Waals surface area contributed by atoms with Gasteiger partial charge in [0.05, 0.1) is 18.4 Å². The maximum absolute atomic E-state index is 13.1. The molecule has 0 saturated carbocycles. The highest BCUT2D eigenvalue weighted by Crippen LogP contribution is 2.50. The summed E-state index contributed by atoms with van der Waals surface area (Å²) >= 11 is 3.34. The lowest BCUT2D eigenvalue weighted by Gasteiger charge is -2.34. The van der Waals surface area contributed by atoms with Gasteiger partial charge >= 0.3 is 5.97 Å². The van der Waals surface area contributed by atoms with Crippen LogP contribution >= 0.6 is 15.9 Å². The zero-order valence-electron chi connectivity index (χ0n) is 14.7. The van der Waals surface area contributed by atoms with Crippen molar-refractivity contribution in [3.05, 3.63) is 34.3 Å². The Morgan fingerprint density at radius 1 is 1.23 bits per heavy atom. The summed E-state index contributed by atoms with van der Waals surface area (Å²) in [5.41, 5.74) is -1.98. The van der Waals surface area contributed by atoms with Gasteiger partial charge in [-0.2, -0.15) is 0 Å². The first-order chi connectivity index (χ1) is 12.0. The van der Waals surface area contributed by atoms with Crippen LogP contribution in [0.15, 0.2) is 28.7 Å². The number of fused-ring (bicyclic) bond motifs is 1. The Morgan fingerprint density at radius 3 is 2.27 bits per heavy atom. The van der Waals surface area contributed by atoms with Gasteiger partial charge in [0, 0.05) is 16.1 Å². The van der Waals surface area contributed by atoms with Crippen molar-refractivity contribution < 1.29 is 24.6 Å². The number of hydrogen-bond donors (Lipinski definition) is 3. The van der Waals surface area contributed by atoms with Crippen LogP contribution in [0.1, 0.15) is 32.4 Å². The Balaban J connectivity index is 2.15. The number of imide groups is 1. The number of amides is 2. The number of hydrogen-bond acceptors (Lipinski definition) is 5. The Kier molecular flexibility index (Phi) is 4.49. The van der Waals surface area contributed by atoms with Gasteiger partial charge in [-0.05, 0) is 38.5 Å². The van der Waals surface area contributed by atoms with Crippen LogP contribution in [0.2, 0.25) is 0 Å². The van der Waals surface area contributed by atoms with E-state index in [1.165, 1.54) is 0 Å². The lowest BCUT2D eigenvalue weighted by Crippen LogP contribution is -2.59. The summed E-state index contributed by atoms with van der Waals surface area (Å²) in [6.45, 7) is 4.40. The molecule has 0 aromatic heterocycles. The highest BCUT2D eigenvalue weighted by molar-refractivity contribution is 9.10. The van der Waals surface area contributed by atoms with Gasteiger partial charge in [-0.1, -0.05) is 28.1 Å². The number of aliphatic hydroxyl groups is 1. The largest absolute Gasteiger partial charge is 0.480 e. The minimum atomic E-state index is -1.89. The summed E-state index contributed by atoms with van der Waals surface area (Å²) in [7, 11) is 0. The summed E-state index contributed by atoms with van der Waals surface area (Å²) in [6.07, 6.45) is 0. The number of benzene rings is 1. The van der Waals surface area contributed by atoms with Crippen LogP contribution in [0.4, 0.5) is 0 Å². The molecule has 8 heteroatoms. The van der Waals surface area contributed by atoms with Gasteiger partial charge in [-0.15, -0.1) is 0 Å². The zero-order chi connectivity index (χ0) is 19.4. The van der Waals surface area contributed by atoms with Gasteiger partial charge in [0.2, 0.25) is 11.8 Å². The minimum Gasteiger partial charge on any atom is -0.480 e. The molecule has 0 spiro atoms. The van der Waals surface area contributed by atoms with Gasteiger partial charge in [0.1, 0.15) is 0 Å². The van der Waals surface area contributed by atoms with Gasteiger partial charge in [-0.3, -0.25) is 24.6 Å². The normalized spacial score (nSPS) is 31.4. The fourth-order valence-corrected chi connectivity index (χ4v) is 4.29. The molecule has 4 atom stereocenters. The van der Waals surface area contributed by atoms with E-state index in [1.807, 2.05) is 0 Å². The quantitative estimate of drug-likeness (QED) is 0.631. The molecule has 0 bridgehead atoms. The molecule has 2 heterocycles. The Hall–Kier alpha value is -1.77. The monoisotopic (exact) mass is 424 g/mol. The highest BCUT2D eigenvalue weighted by atomic mass is 79.9. The van der Waals surface area contributed by atoms with Crippen molar-refractivity contribution in [3.8, 4) is 0 Å². The van der Waals surface area contributed by atoms with Gasteiger partial charge in [0.15, 0.2) is 5.54 Å². The van der Waals surface area contributed by atoms with Crippen molar-refractivity contribution in [3.63, 3.8) is 0 Å². The van der Waals surface area contributed by atoms with Crippen molar-refractivity contribution in [2.45, 2.75) is 37.9 Å². The summed E-state index contributed by atoms with van der Waals surface area (Å²) in [5, 5.41) is 22.6. The molecule has 3 N–H and O–H groups in total. The van der Waals surface area contributed by atoms with E-state index in [0.29, 0.717) is 5.56 Å². The van der Waals surface area contributed by atoms with Crippen LogP contribution in [0.25, 0.3) is 0 Å². The molecule has 0 aliphatic carbocycles. The summed E-state index contributed by atoms with van der Waals surface area (Å²) < 4.78 is 0.840. The van der Waals surface area contributed by atoms with Crippen molar-refractivity contribution in [1.82, 2.24) is 10.2 Å². The van der Waals surface area contributed by atoms with Crippen LogP contribution in [0.5, 0.6) is 0 Å². The molecule has 4 unspecified atom stereocenters. The SMILES string of the molecule is CC(C)(C)N1C(=O)C2C(c3ccc(Br)cc3)NC(CO)(C(=O)O)C2C1=O. The van der Waals surface area contributed by atoms with Crippen molar-refractivity contribution in [2.75, 3.05) is 6.61 Å². The minimum absolute atomic E-state index is 0.413. The Morgan fingerprint density at radius 2 is 1.81 bits per heavy atom. The number of nitrogens with one attached hydrogen (secondary N) is 1. The predicted molar refractivity (Wildman–Crippen MR) is 96.1 cm³/mol. The van der Waals surface area contributed by atoms with Crippen LogP contribution in [0.3, 0.4) is 0 Å². The van der Waals surface area contributed by atoms with Crippen LogP contribution < -0.4 is 5.32 Å². The van der Waals surface area contributed by atoms with Gasteiger partial charge < -0.3 is 10.2 Å². The molecule has 26 heavy (non-hydrogen) atoms. The van der Waals surface area contributed by atoms with E-state index in [1.54, 1.807) is 45.0 Å². The fourth-order valence-electron chi connectivity index (χ4n) is 4.03. The lowest BCUT2D eigenvalue weighted by atomic mass is 9.79. The van der Waals surface area contributed by atoms with Crippen LogP contribution in [0, 0.1) is 11.8 Å². The number of nitrogens with zero attached hydrogens (tertiary/aromatic N) is 1. The number of aliphatic hydroxyl groups excluding tert-OH is 1. The smallest absolute Gasteiger partial charge is 0.327 e. The first kappa shape index (κ1) is 19.0. The molecule has 2 aliphatic rings. The van der Waals surface area contributed by atoms with Gasteiger partial charge in [0.25, 0.3) is 0 Å². The average Bonchev–Trinajstić information content (AvgIpc) is 3.03. The van der Waals surface area contributed by atoms with Crippen LogP contribution in [-0.2, 0) is 14.4 Å². The summed E-state index contributed by atoms with van der Waals surface area (Å²) in [5.74, 6) is -4.36. The number of aliphatic carboxylic acids is 1. The van der Waals surface area contributed by atoms with E-state index in [2.05, 4.69) is 21.2 Å². The third-order valence-electron chi connectivity index (χ3n) is 5.19. The standard InChI is InChI=1S/C18H21BrN2O5/c1-17(2,3)21-14(23)11-12(15(21)24)18(8-22,16(25)26)20-13(11)9-4-6-10(19)7-5-9/h4-7,11-13,20,22H,8H2,1-3H3,(H,25,26). The van der Waals surface area contributed by atoms with E-state index in [-0.39, 0.29) is 0 Å². The van der Waals surface area contributed by atoms with E-state index >= 15 is 0 Å². The number of carbonyl (C=O) groups is 3. The molecule has 2 fully saturated rings. The predicted octanol–water partition coefficient (Wildman–Crippen LogP) is 1.31. The van der Waals surface area contributed by atoms with Crippen LogP contribution in [-0.4, -0.2) is 50.6 Å². The molecule has 7 nitrogen and oxygen atoms in total. The van der Waals surface area contributed by atoms with Crippen molar-refractivity contribution >= 4 is 33.7 Å². The number of rotatable bonds is 3. The second-order valence-corrected chi connectivity index (χ2v) is 8.71. The summed E-state index contributed by atoms with van der Waals surface area (Å²) in [4.78, 5) is 39.3. The number of likely N-dealkylation sites (tertiary alicyclic amines) is 1. The molecule has 2 saturated heterocycles. The second-order valence-electron chi connectivity index (χ2n) is 7.79. The molecule has 0 radical (unpaired) electrons. The van der Waals surface area contributed by atoms with E-state index in [0.717, 1.165) is 9.37 Å². The van der Waals surface area contributed by atoms with E-state index in [4.69, 9.17) is 0 Å². The second kappa shape index (κ2) is 6.14. The first-order valence-electron chi connectivity index (χ1n) is 8.30. The van der Waals surface area contributed by atoms with E-state index < -0.39 is 53.3 Å². The highest BCUT2D eigenvalue weighted by Gasteiger charge is 2.69. The third-order valence-corrected chi connectivity index (χ3v) is 5.71. The van der Waals surface area contributed by atoms with E-state index in [9.17, 15) is 24.6 Å². The van der Waals surface area contributed by atoms with Crippen molar-refractivity contribution in [1.29, 1.82) is 0 Å². The first-order valence-corrected chi connectivity index (χ1v) is 9.09. The number of halogens is 1. The molecular formula is C18H21BrN2O5. The molecule has 3 rings (SSSR count). The fraction of sp³-hybridized carbons (Fsp3) is 0.500. The molecule has 140 valence electrons. The lowest BCUT2D eigenvalue weighted by molar-refractivity contribution is -0.155.